The van der Waals surface area contributed by atoms with Crippen LogP contribution in [0.2, 0.25) is 0 Å². The second kappa shape index (κ2) is 5.07. The summed E-state index contributed by atoms with van der Waals surface area (Å²) in [4.78, 5) is 21.6. The summed E-state index contributed by atoms with van der Waals surface area (Å²) < 4.78 is 0. The van der Waals surface area contributed by atoms with E-state index in [1.807, 2.05) is 19.1 Å². The molecule has 4 heteroatoms. The SMILES string of the molecule is CC(=O)C(Br)C(=O)Nc1ccc(C)cc1. The number of amides is 1. The summed E-state index contributed by atoms with van der Waals surface area (Å²) in [5, 5.41) is 2.64. The lowest BCUT2D eigenvalue weighted by Crippen LogP contribution is -2.28. The van der Waals surface area contributed by atoms with E-state index >= 15 is 0 Å². The first-order chi connectivity index (χ1) is 7.00. The van der Waals surface area contributed by atoms with E-state index in [1.165, 1.54) is 6.92 Å². The van der Waals surface area contributed by atoms with Gasteiger partial charge in [0.1, 0.15) is 0 Å². The summed E-state index contributed by atoms with van der Waals surface area (Å²) in [6.45, 7) is 3.34. The van der Waals surface area contributed by atoms with Crippen LogP contribution in [0.1, 0.15) is 12.5 Å². The summed E-state index contributed by atoms with van der Waals surface area (Å²) in [5.41, 5.74) is 1.81. The molecule has 0 saturated carbocycles. The quantitative estimate of drug-likeness (QED) is 0.676. The highest BCUT2D eigenvalue weighted by Gasteiger charge is 2.19. The smallest absolute Gasteiger partial charge is 0.245 e. The Hall–Kier alpha value is -1.16. The minimum Gasteiger partial charge on any atom is -0.325 e. The lowest BCUT2D eigenvalue weighted by Gasteiger charge is -2.07. The van der Waals surface area contributed by atoms with Crippen molar-refractivity contribution >= 4 is 33.3 Å². The number of ketones is 1. The highest BCUT2D eigenvalue weighted by molar-refractivity contribution is 9.10. The Balaban J connectivity index is 2.66. The Morgan fingerprint density at radius 1 is 1.27 bits per heavy atom. The van der Waals surface area contributed by atoms with Gasteiger partial charge in [0.05, 0.1) is 0 Å². The van der Waals surface area contributed by atoms with Gasteiger partial charge in [-0.3, -0.25) is 9.59 Å². The monoisotopic (exact) mass is 269 g/mol. The van der Waals surface area contributed by atoms with Crippen LogP contribution in [-0.2, 0) is 9.59 Å². The van der Waals surface area contributed by atoms with Gasteiger partial charge in [-0.25, -0.2) is 0 Å². The van der Waals surface area contributed by atoms with Gasteiger partial charge in [-0.2, -0.15) is 0 Å². The number of hydrogen-bond acceptors (Lipinski definition) is 2. The lowest BCUT2D eigenvalue weighted by atomic mass is 10.2. The molecule has 0 aliphatic heterocycles. The highest BCUT2D eigenvalue weighted by atomic mass is 79.9. The minimum atomic E-state index is -0.779. The molecular formula is C11H12BrNO2. The molecule has 1 aromatic rings. The maximum absolute atomic E-state index is 11.5. The summed E-state index contributed by atoms with van der Waals surface area (Å²) in [6, 6.07) is 7.39. The van der Waals surface area contributed by atoms with Crippen LogP contribution in [0.15, 0.2) is 24.3 Å². The van der Waals surface area contributed by atoms with Crippen LogP contribution in [0, 0.1) is 6.92 Å². The molecule has 1 rings (SSSR count). The average molecular weight is 270 g/mol. The molecule has 15 heavy (non-hydrogen) atoms. The predicted molar refractivity (Wildman–Crippen MR) is 63.2 cm³/mol. The summed E-state index contributed by atoms with van der Waals surface area (Å²) in [6.07, 6.45) is 0. The second-order valence-electron chi connectivity index (χ2n) is 3.33. The van der Waals surface area contributed by atoms with Crippen molar-refractivity contribution in [2.45, 2.75) is 18.7 Å². The molecular weight excluding hydrogens is 258 g/mol. The molecule has 1 unspecified atom stereocenters. The topological polar surface area (TPSA) is 46.2 Å². The van der Waals surface area contributed by atoms with E-state index in [4.69, 9.17) is 0 Å². The molecule has 1 aromatic carbocycles. The predicted octanol–water partition coefficient (Wildman–Crippen LogP) is 2.29. The van der Waals surface area contributed by atoms with Gasteiger partial charge in [-0.1, -0.05) is 33.6 Å². The zero-order chi connectivity index (χ0) is 11.4. The standard InChI is InChI=1S/C11H12BrNO2/c1-7-3-5-9(6-4-7)13-11(15)10(12)8(2)14/h3-6,10H,1-2H3,(H,13,15). The number of rotatable bonds is 3. The highest BCUT2D eigenvalue weighted by Crippen LogP contribution is 2.11. The van der Waals surface area contributed by atoms with Crippen molar-refractivity contribution in [2.24, 2.45) is 0 Å². The van der Waals surface area contributed by atoms with Gasteiger partial charge in [-0.15, -0.1) is 0 Å². The van der Waals surface area contributed by atoms with Crippen LogP contribution in [0.5, 0.6) is 0 Å². The Morgan fingerprint density at radius 2 is 1.80 bits per heavy atom. The molecule has 0 radical (unpaired) electrons. The minimum absolute atomic E-state index is 0.209. The van der Waals surface area contributed by atoms with E-state index in [0.29, 0.717) is 5.69 Å². The van der Waals surface area contributed by atoms with Crippen molar-refractivity contribution in [2.75, 3.05) is 5.32 Å². The number of anilines is 1. The molecule has 3 nitrogen and oxygen atoms in total. The molecule has 0 saturated heterocycles. The number of carbonyl (C=O) groups excluding carboxylic acids is 2. The van der Waals surface area contributed by atoms with E-state index < -0.39 is 4.83 Å². The Bertz CT molecular complexity index is 373. The van der Waals surface area contributed by atoms with Crippen LogP contribution in [0.3, 0.4) is 0 Å². The second-order valence-corrected chi connectivity index (χ2v) is 4.24. The van der Waals surface area contributed by atoms with Gasteiger partial charge in [0, 0.05) is 5.69 Å². The maximum Gasteiger partial charge on any atom is 0.245 e. The van der Waals surface area contributed by atoms with Gasteiger partial charge < -0.3 is 5.32 Å². The number of carbonyl (C=O) groups is 2. The third-order valence-electron chi connectivity index (χ3n) is 1.91. The number of nitrogens with one attached hydrogen (secondary N) is 1. The normalized spacial score (nSPS) is 11.9. The zero-order valence-electron chi connectivity index (χ0n) is 8.58. The molecule has 0 aromatic heterocycles. The summed E-state index contributed by atoms with van der Waals surface area (Å²) in [7, 11) is 0. The maximum atomic E-state index is 11.5. The molecule has 0 bridgehead atoms. The Morgan fingerprint density at radius 3 is 2.27 bits per heavy atom. The number of alkyl halides is 1. The number of aryl methyl sites for hydroxylation is 1. The van der Waals surface area contributed by atoms with Crippen LogP contribution in [0.4, 0.5) is 5.69 Å². The number of benzene rings is 1. The fourth-order valence-corrected chi connectivity index (χ4v) is 1.14. The first-order valence-corrected chi connectivity index (χ1v) is 5.44. The lowest BCUT2D eigenvalue weighted by molar-refractivity contribution is -0.123. The van der Waals surface area contributed by atoms with Crippen molar-refractivity contribution in [3.63, 3.8) is 0 Å². The van der Waals surface area contributed by atoms with Crippen LogP contribution in [-0.4, -0.2) is 16.5 Å². The third-order valence-corrected chi connectivity index (χ3v) is 2.97. The molecule has 1 N–H and O–H groups in total. The van der Waals surface area contributed by atoms with Crippen molar-refractivity contribution in [3.8, 4) is 0 Å². The van der Waals surface area contributed by atoms with E-state index in [2.05, 4.69) is 21.2 Å². The van der Waals surface area contributed by atoms with E-state index in [9.17, 15) is 9.59 Å². The van der Waals surface area contributed by atoms with Crippen molar-refractivity contribution in [1.29, 1.82) is 0 Å². The van der Waals surface area contributed by atoms with E-state index in [-0.39, 0.29) is 11.7 Å². The van der Waals surface area contributed by atoms with Gasteiger partial charge in [-0.05, 0) is 26.0 Å². The number of halogens is 1. The summed E-state index contributed by atoms with van der Waals surface area (Å²) >= 11 is 3.02. The molecule has 0 aliphatic carbocycles. The van der Waals surface area contributed by atoms with E-state index in [0.717, 1.165) is 5.56 Å². The molecule has 1 atom stereocenters. The van der Waals surface area contributed by atoms with Crippen LogP contribution >= 0.6 is 15.9 Å². The average Bonchev–Trinajstić information content (AvgIpc) is 2.20. The molecule has 0 fully saturated rings. The van der Waals surface area contributed by atoms with E-state index in [1.54, 1.807) is 12.1 Å². The Labute approximate surface area is 97.0 Å². The Kier molecular flexibility index (Phi) is 4.03. The van der Waals surface area contributed by atoms with Crippen LogP contribution in [0.25, 0.3) is 0 Å². The number of Topliss-reactive ketones (excluding diaryl/α,β-unsaturated/α-hetero) is 1. The van der Waals surface area contributed by atoms with Crippen molar-refractivity contribution in [3.05, 3.63) is 29.8 Å². The molecule has 0 aliphatic rings. The van der Waals surface area contributed by atoms with Crippen LogP contribution < -0.4 is 5.32 Å². The molecule has 0 heterocycles. The third kappa shape index (κ3) is 3.47. The fraction of sp³-hybridized carbons (Fsp3) is 0.273. The van der Waals surface area contributed by atoms with Gasteiger partial charge in [0.15, 0.2) is 10.6 Å². The zero-order valence-corrected chi connectivity index (χ0v) is 10.2. The summed E-state index contributed by atoms with van der Waals surface area (Å²) in [5.74, 6) is -0.550. The number of hydrogen-bond donors (Lipinski definition) is 1. The van der Waals surface area contributed by atoms with Gasteiger partial charge in [0.25, 0.3) is 0 Å². The van der Waals surface area contributed by atoms with Gasteiger partial charge >= 0.3 is 0 Å². The van der Waals surface area contributed by atoms with Crippen molar-refractivity contribution < 1.29 is 9.59 Å². The molecule has 0 spiro atoms. The van der Waals surface area contributed by atoms with Gasteiger partial charge in [0.2, 0.25) is 5.91 Å². The first kappa shape index (κ1) is 11.9. The largest absolute Gasteiger partial charge is 0.325 e. The fourth-order valence-electron chi connectivity index (χ4n) is 1.03. The molecule has 1 amide bonds. The first-order valence-electron chi connectivity index (χ1n) is 4.53. The molecule has 80 valence electrons. The van der Waals surface area contributed by atoms with Crippen molar-refractivity contribution in [1.82, 2.24) is 0 Å².